The molecule has 3 aromatic carbocycles. The summed E-state index contributed by atoms with van der Waals surface area (Å²) in [4.78, 5) is 25.2. The van der Waals surface area contributed by atoms with Crippen molar-refractivity contribution in [3.63, 3.8) is 0 Å². The zero-order chi connectivity index (χ0) is 29.2. The lowest BCUT2D eigenvalue weighted by Crippen LogP contribution is -2.45. The number of amides is 1. The second-order valence-electron chi connectivity index (χ2n) is 8.90. The van der Waals surface area contributed by atoms with Crippen molar-refractivity contribution in [2.24, 2.45) is 5.10 Å². The number of nitrogens with zero attached hydrogens (tertiary/aromatic N) is 1. The van der Waals surface area contributed by atoms with E-state index in [9.17, 15) is 9.59 Å². The van der Waals surface area contributed by atoms with Crippen molar-refractivity contribution in [1.29, 1.82) is 0 Å². The monoisotopic (exact) mass is 592 g/mol. The maximum absolute atomic E-state index is 12.7. The molecule has 3 aromatic rings. The normalized spacial score (nSPS) is 14.7. The number of esters is 1. The molecule has 1 aliphatic heterocycles. The van der Waals surface area contributed by atoms with Crippen molar-refractivity contribution in [3.05, 3.63) is 106 Å². The van der Waals surface area contributed by atoms with Crippen molar-refractivity contribution < 1.29 is 23.8 Å². The SMILES string of the molecule is CCOC(=O)C1=C(C)NC(=S)N[C@@H]1c1ccccc1OCC(=O)NN=Cc1cccc(OCc2cccc(Cl)c2)c1. The van der Waals surface area contributed by atoms with Crippen molar-refractivity contribution in [3.8, 4) is 11.5 Å². The molecule has 1 heterocycles. The van der Waals surface area contributed by atoms with Crippen LogP contribution in [0.3, 0.4) is 0 Å². The van der Waals surface area contributed by atoms with Gasteiger partial charge in [-0.15, -0.1) is 0 Å². The van der Waals surface area contributed by atoms with E-state index in [1.54, 1.807) is 38.1 Å². The van der Waals surface area contributed by atoms with E-state index in [4.69, 9.17) is 38.0 Å². The molecule has 1 aliphatic rings. The molecule has 0 fully saturated rings. The quantitative estimate of drug-likeness (QED) is 0.126. The Morgan fingerprint density at radius 2 is 1.88 bits per heavy atom. The Kier molecular flexibility index (Phi) is 10.3. The molecule has 1 amide bonds. The standard InChI is InChI=1S/C30H29ClN4O5S/c1-3-38-29(37)27-19(2)33-30(41)34-28(27)24-12-4-5-13-25(24)40-18-26(36)35-32-16-20-8-7-11-23(15-20)39-17-21-9-6-10-22(31)14-21/h4-16,28H,3,17-18H2,1-2H3,(H,35,36)(H2,33,34,41)/t28-/m1/s1. The highest BCUT2D eigenvalue weighted by atomic mass is 35.5. The number of para-hydroxylation sites is 1. The van der Waals surface area contributed by atoms with Crippen LogP contribution >= 0.6 is 23.8 Å². The van der Waals surface area contributed by atoms with Crippen LogP contribution in [0.1, 0.15) is 36.6 Å². The number of nitrogens with one attached hydrogen (secondary N) is 3. The minimum absolute atomic E-state index is 0.228. The molecule has 11 heteroatoms. The molecule has 4 rings (SSSR count). The molecule has 1 atom stereocenters. The summed E-state index contributed by atoms with van der Waals surface area (Å²) in [7, 11) is 0. The summed E-state index contributed by atoms with van der Waals surface area (Å²) in [6.45, 7) is 3.78. The van der Waals surface area contributed by atoms with Crippen molar-refractivity contribution >= 4 is 47.0 Å². The Morgan fingerprint density at radius 1 is 1.07 bits per heavy atom. The average Bonchev–Trinajstić information content (AvgIpc) is 2.95. The number of carbonyl (C=O) groups excluding carboxylic acids is 2. The first-order chi connectivity index (χ1) is 19.8. The number of allylic oxidation sites excluding steroid dienone is 1. The predicted octanol–water partition coefficient (Wildman–Crippen LogP) is 4.80. The fraction of sp³-hybridized carbons (Fsp3) is 0.200. The highest BCUT2D eigenvalue weighted by Gasteiger charge is 2.32. The summed E-state index contributed by atoms with van der Waals surface area (Å²) >= 11 is 11.3. The van der Waals surface area contributed by atoms with Gasteiger partial charge in [-0.3, -0.25) is 4.79 Å². The van der Waals surface area contributed by atoms with Gasteiger partial charge in [0.1, 0.15) is 18.1 Å². The van der Waals surface area contributed by atoms with Gasteiger partial charge in [0.15, 0.2) is 11.7 Å². The van der Waals surface area contributed by atoms with Crippen molar-refractivity contribution in [2.75, 3.05) is 13.2 Å². The van der Waals surface area contributed by atoms with Gasteiger partial charge in [-0.05, 0) is 67.5 Å². The molecule has 3 N–H and O–H groups in total. The third-order valence-electron chi connectivity index (χ3n) is 5.91. The molecule has 0 aliphatic carbocycles. The highest BCUT2D eigenvalue weighted by molar-refractivity contribution is 7.80. The first-order valence-corrected chi connectivity index (χ1v) is 13.6. The first-order valence-electron chi connectivity index (χ1n) is 12.8. The lowest BCUT2D eigenvalue weighted by atomic mass is 9.95. The van der Waals surface area contributed by atoms with Crippen LogP contribution in [-0.2, 0) is 20.9 Å². The van der Waals surface area contributed by atoms with E-state index in [2.05, 4.69) is 21.2 Å². The summed E-state index contributed by atoms with van der Waals surface area (Å²) < 4.78 is 16.9. The molecule has 0 radical (unpaired) electrons. The van der Waals surface area contributed by atoms with Gasteiger partial charge >= 0.3 is 5.97 Å². The van der Waals surface area contributed by atoms with Gasteiger partial charge in [-0.25, -0.2) is 10.2 Å². The lowest BCUT2D eigenvalue weighted by molar-refractivity contribution is -0.139. The Labute approximate surface area is 248 Å². The van der Waals surface area contributed by atoms with E-state index in [0.29, 0.717) is 45.1 Å². The van der Waals surface area contributed by atoms with Crippen LogP contribution in [-0.4, -0.2) is 36.4 Å². The minimum atomic E-state index is -0.617. The molecule has 0 saturated heterocycles. The molecule has 9 nitrogen and oxygen atoms in total. The average molecular weight is 593 g/mol. The van der Waals surface area contributed by atoms with Gasteiger partial charge < -0.3 is 24.8 Å². The highest BCUT2D eigenvalue weighted by Crippen LogP contribution is 2.33. The van der Waals surface area contributed by atoms with Gasteiger partial charge in [0.05, 0.1) is 24.4 Å². The smallest absolute Gasteiger partial charge is 0.338 e. The van der Waals surface area contributed by atoms with Crippen LogP contribution in [0.4, 0.5) is 0 Å². The van der Waals surface area contributed by atoms with Crippen molar-refractivity contribution in [1.82, 2.24) is 16.1 Å². The summed E-state index contributed by atoms with van der Waals surface area (Å²) in [6.07, 6.45) is 1.51. The van der Waals surface area contributed by atoms with Crippen LogP contribution in [0.5, 0.6) is 11.5 Å². The number of thiocarbonyl (C=S) groups is 1. The lowest BCUT2D eigenvalue weighted by Gasteiger charge is -2.30. The Bertz CT molecular complexity index is 1490. The number of ether oxygens (including phenoxy) is 3. The molecule has 0 aromatic heterocycles. The number of hydrogen-bond acceptors (Lipinski definition) is 7. The van der Waals surface area contributed by atoms with Crippen molar-refractivity contribution in [2.45, 2.75) is 26.5 Å². The maximum Gasteiger partial charge on any atom is 0.338 e. The maximum atomic E-state index is 12.7. The summed E-state index contributed by atoms with van der Waals surface area (Å²) in [5.74, 6) is 0.125. The zero-order valence-electron chi connectivity index (χ0n) is 22.5. The molecule has 0 saturated carbocycles. The second-order valence-corrected chi connectivity index (χ2v) is 9.75. The first kappa shape index (κ1) is 29.6. The number of halogens is 1. The minimum Gasteiger partial charge on any atom is -0.489 e. The zero-order valence-corrected chi connectivity index (χ0v) is 24.1. The van der Waals surface area contributed by atoms with Crippen LogP contribution in [0, 0.1) is 0 Å². The van der Waals surface area contributed by atoms with Gasteiger partial charge in [0.2, 0.25) is 0 Å². The molecule has 0 bridgehead atoms. The number of hydrogen-bond donors (Lipinski definition) is 3. The van der Waals surface area contributed by atoms with Gasteiger partial charge in [0, 0.05) is 16.3 Å². The molecule has 41 heavy (non-hydrogen) atoms. The summed E-state index contributed by atoms with van der Waals surface area (Å²) in [5.41, 5.74) is 5.74. The Balaban J connectivity index is 1.36. The van der Waals surface area contributed by atoms with Gasteiger partial charge in [-0.2, -0.15) is 5.10 Å². The largest absolute Gasteiger partial charge is 0.489 e. The third-order valence-corrected chi connectivity index (χ3v) is 6.36. The molecular weight excluding hydrogens is 564 g/mol. The third kappa shape index (κ3) is 8.29. The van der Waals surface area contributed by atoms with E-state index in [-0.39, 0.29) is 13.2 Å². The van der Waals surface area contributed by atoms with Crippen LogP contribution in [0.25, 0.3) is 0 Å². The van der Waals surface area contributed by atoms with Crippen LogP contribution < -0.4 is 25.5 Å². The van der Waals surface area contributed by atoms with Crippen LogP contribution in [0.2, 0.25) is 5.02 Å². The van der Waals surface area contributed by atoms with Crippen LogP contribution in [0.15, 0.2) is 89.2 Å². The number of rotatable bonds is 11. The Hall–Kier alpha value is -4.41. The number of carbonyl (C=O) groups is 2. The summed E-state index contributed by atoms with van der Waals surface area (Å²) in [6, 6.07) is 21.2. The molecule has 0 spiro atoms. The molecule has 212 valence electrons. The molecule has 0 unspecified atom stereocenters. The Morgan fingerprint density at radius 3 is 2.68 bits per heavy atom. The molecular formula is C30H29ClN4O5S. The topological polar surface area (TPSA) is 110 Å². The fourth-order valence-electron chi connectivity index (χ4n) is 4.09. The van der Waals surface area contributed by atoms with E-state index in [0.717, 1.165) is 11.1 Å². The number of benzene rings is 3. The van der Waals surface area contributed by atoms with Gasteiger partial charge in [-0.1, -0.05) is 54.1 Å². The number of hydrazone groups is 1. The van der Waals surface area contributed by atoms with E-state index in [1.807, 2.05) is 48.5 Å². The fourth-order valence-corrected chi connectivity index (χ4v) is 4.57. The summed E-state index contributed by atoms with van der Waals surface area (Å²) in [5, 5.41) is 11.1. The predicted molar refractivity (Wildman–Crippen MR) is 161 cm³/mol. The van der Waals surface area contributed by atoms with E-state index >= 15 is 0 Å². The van der Waals surface area contributed by atoms with E-state index < -0.39 is 17.9 Å². The van der Waals surface area contributed by atoms with Gasteiger partial charge in [0.25, 0.3) is 5.91 Å². The van der Waals surface area contributed by atoms with E-state index in [1.165, 1.54) is 6.21 Å². The second kappa shape index (κ2) is 14.3.